The van der Waals surface area contributed by atoms with Gasteiger partial charge in [0.15, 0.2) is 0 Å². The van der Waals surface area contributed by atoms with Crippen molar-refractivity contribution in [1.29, 1.82) is 0 Å². The van der Waals surface area contributed by atoms with Gasteiger partial charge in [0.2, 0.25) is 5.91 Å². The molecule has 0 saturated carbocycles. The molecule has 0 bridgehead atoms. The molecular weight excluding hydrogens is 312 g/mol. The van der Waals surface area contributed by atoms with Crippen LogP contribution in [0.2, 0.25) is 0 Å². The number of hydrogen-bond acceptors (Lipinski definition) is 4. The molecule has 0 radical (unpaired) electrons. The van der Waals surface area contributed by atoms with E-state index in [1.54, 1.807) is 23.8 Å². The first-order valence-corrected chi connectivity index (χ1v) is 8.17. The predicted molar refractivity (Wildman–Crippen MR) is 89.2 cm³/mol. The van der Waals surface area contributed by atoms with Crippen LogP contribution in [-0.2, 0) is 17.6 Å². The van der Waals surface area contributed by atoms with Crippen LogP contribution in [-0.4, -0.2) is 11.8 Å². The van der Waals surface area contributed by atoms with Crippen molar-refractivity contribution in [3.63, 3.8) is 0 Å². The number of fused-ring (bicyclic) bond motifs is 1. The van der Waals surface area contributed by atoms with Crippen molar-refractivity contribution < 1.29 is 14.0 Å². The molecule has 0 aliphatic carbocycles. The topological polar surface area (TPSA) is 71.3 Å². The van der Waals surface area contributed by atoms with Crippen molar-refractivity contribution in [2.24, 2.45) is 0 Å². The zero-order valence-electron chi connectivity index (χ0n) is 12.6. The first-order chi connectivity index (χ1) is 11.2. The average Bonchev–Trinajstić information content (AvgIpc) is 3.22. The van der Waals surface area contributed by atoms with Crippen LogP contribution in [0, 0.1) is 0 Å². The Balaban J connectivity index is 1.63. The summed E-state index contributed by atoms with van der Waals surface area (Å²) in [7, 11) is 0. The zero-order valence-corrected chi connectivity index (χ0v) is 13.4. The van der Waals surface area contributed by atoms with E-state index >= 15 is 0 Å². The lowest BCUT2D eigenvalue weighted by Crippen LogP contribution is -2.42. The predicted octanol–water partition coefficient (Wildman–Crippen LogP) is 3.06. The summed E-state index contributed by atoms with van der Waals surface area (Å²) in [5.74, 6) is -0.616. The molecule has 0 fully saturated rings. The van der Waals surface area contributed by atoms with Gasteiger partial charge < -0.3 is 4.42 Å². The van der Waals surface area contributed by atoms with Gasteiger partial charge in [-0.15, -0.1) is 11.3 Å². The van der Waals surface area contributed by atoms with Crippen LogP contribution in [0.3, 0.4) is 0 Å². The highest BCUT2D eigenvalue weighted by atomic mass is 32.1. The van der Waals surface area contributed by atoms with Gasteiger partial charge >= 0.3 is 0 Å². The summed E-state index contributed by atoms with van der Waals surface area (Å²) in [6.45, 7) is 2.08. The van der Waals surface area contributed by atoms with Crippen LogP contribution in [0.25, 0.3) is 11.0 Å². The maximum absolute atomic E-state index is 12.0. The van der Waals surface area contributed by atoms with Gasteiger partial charge in [-0.2, -0.15) is 0 Å². The minimum atomic E-state index is -0.321. The molecule has 6 heteroatoms. The molecular formula is C17H16N2O3S. The number of hydrazine groups is 1. The van der Waals surface area contributed by atoms with E-state index in [1.165, 1.54) is 16.9 Å². The maximum atomic E-state index is 12.0. The van der Waals surface area contributed by atoms with Gasteiger partial charge in [0, 0.05) is 10.9 Å². The molecule has 0 unspecified atom stereocenters. The van der Waals surface area contributed by atoms with Gasteiger partial charge in [0.1, 0.15) is 5.58 Å². The van der Waals surface area contributed by atoms with E-state index in [0.717, 1.165) is 23.0 Å². The fraction of sp³-hybridized carbons (Fsp3) is 0.176. The second-order valence-corrected chi connectivity index (χ2v) is 6.05. The van der Waals surface area contributed by atoms with Crippen molar-refractivity contribution in [3.05, 3.63) is 58.0 Å². The number of amides is 2. The van der Waals surface area contributed by atoms with Crippen LogP contribution in [0.5, 0.6) is 0 Å². The molecule has 0 aliphatic heterocycles. The number of nitrogens with one attached hydrogen (secondary N) is 2. The minimum absolute atomic E-state index is 0.142. The highest BCUT2D eigenvalue weighted by Crippen LogP contribution is 2.23. The van der Waals surface area contributed by atoms with Crippen molar-refractivity contribution in [3.8, 4) is 0 Å². The summed E-state index contributed by atoms with van der Waals surface area (Å²) in [6, 6.07) is 9.45. The Bertz CT molecular complexity index is 837. The third-order valence-electron chi connectivity index (χ3n) is 3.54. The number of carbonyl (C=O) groups is 2. The summed E-state index contributed by atoms with van der Waals surface area (Å²) in [5, 5.41) is 2.72. The van der Waals surface area contributed by atoms with Gasteiger partial charge in [-0.25, -0.2) is 0 Å². The Morgan fingerprint density at radius 1 is 1.22 bits per heavy atom. The first-order valence-electron chi connectivity index (χ1n) is 7.29. The van der Waals surface area contributed by atoms with Gasteiger partial charge in [0.25, 0.3) is 5.91 Å². The SMILES string of the molecule is CCc1ccc2c(CC(=O)NNC(=O)c3cccs3)coc2c1. The number of rotatable bonds is 4. The fourth-order valence-corrected chi connectivity index (χ4v) is 2.92. The molecule has 0 atom stereocenters. The van der Waals surface area contributed by atoms with Gasteiger partial charge in [-0.05, 0) is 29.5 Å². The van der Waals surface area contributed by atoms with E-state index in [9.17, 15) is 9.59 Å². The van der Waals surface area contributed by atoms with E-state index in [-0.39, 0.29) is 18.2 Å². The van der Waals surface area contributed by atoms with Crippen LogP contribution in [0.1, 0.15) is 27.7 Å². The molecule has 2 N–H and O–H groups in total. The number of furan rings is 1. The summed E-state index contributed by atoms with van der Waals surface area (Å²) in [4.78, 5) is 24.3. The van der Waals surface area contributed by atoms with Crippen LogP contribution in [0.4, 0.5) is 0 Å². The summed E-state index contributed by atoms with van der Waals surface area (Å²) >= 11 is 1.32. The molecule has 23 heavy (non-hydrogen) atoms. The lowest BCUT2D eigenvalue weighted by Gasteiger charge is -2.05. The molecule has 118 valence electrons. The van der Waals surface area contributed by atoms with Crippen molar-refractivity contribution in [2.75, 3.05) is 0 Å². The minimum Gasteiger partial charge on any atom is -0.464 e. The van der Waals surface area contributed by atoms with E-state index < -0.39 is 0 Å². The third-order valence-corrected chi connectivity index (χ3v) is 4.41. The Morgan fingerprint density at radius 2 is 2.09 bits per heavy atom. The van der Waals surface area contributed by atoms with Crippen LogP contribution < -0.4 is 10.9 Å². The number of thiophene rings is 1. The summed E-state index contributed by atoms with van der Waals surface area (Å²) < 4.78 is 5.51. The average molecular weight is 328 g/mol. The normalized spacial score (nSPS) is 10.7. The standard InChI is InChI=1S/C17H16N2O3S/c1-2-11-5-6-13-12(10-22-14(13)8-11)9-16(20)18-19-17(21)15-4-3-7-23-15/h3-8,10H,2,9H2,1H3,(H,18,20)(H,19,21). The van der Waals surface area contributed by atoms with E-state index in [1.807, 2.05) is 18.2 Å². The molecule has 3 rings (SSSR count). The molecule has 2 heterocycles. The Kier molecular flexibility index (Phi) is 4.43. The van der Waals surface area contributed by atoms with Crippen LogP contribution in [0.15, 0.2) is 46.4 Å². The van der Waals surface area contributed by atoms with E-state index in [4.69, 9.17) is 4.42 Å². The van der Waals surface area contributed by atoms with Crippen molar-refractivity contribution >= 4 is 34.1 Å². The van der Waals surface area contributed by atoms with Crippen molar-refractivity contribution in [2.45, 2.75) is 19.8 Å². The smallest absolute Gasteiger partial charge is 0.279 e. The van der Waals surface area contributed by atoms with Crippen LogP contribution >= 0.6 is 11.3 Å². The van der Waals surface area contributed by atoms with Gasteiger partial charge in [0.05, 0.1) is 17.6 Å². The lowest BCUT2D eigenvalue weighted by molar-refractivity contribution is -0.121. The highest BCUT2D eigenvalue weighted by molar-refractivity contribution is 7.12. The number of carbonyl (C=O) groups excluding carboxylic acids is 2. The second kappa shape index (κ2) is 6.66. The molecule has 2 aromatic heterocycles. The highest BCUT2D eigenvalue weighted by Gasteiger charge is 2.12. The molecule has 0 spiro atoms. The maximum Gasteiger partial charge on any atom is 0.279 e. The molecule has 2 amide bonds. The molecule has 1 aromatic carbocycles. The molecule has 0 saturated heterocycles. The zero-order chi connectivity index (χ0) is 16.2. The molecule has 5 nitrogen and oxygen atoms in total. The number of aryl methyl sites for hydroxylation is 1. The summed E-state index contributed by atoms with van der Waals surface area (Å²) in [6.07, 6.45) is 2.66. The fourth-order valence-electron chi connectivity index (χ4n) is 2.30. The Labute approximate surface area is 137 Å². The van der Waals surface area contributed by atoms with Crippen molar-refractivity contribution in [1.82, 2.24) is 10.9 Å². The third kappa shape index (κ3) is 3.43. The van der Waals surface area contributed by atoms with E-state index in [0.29, 0.717) is 4.88 Å². The Morgan fingerprint density at radius 3 is 2.83 bits per heavy atom. The quantitative estimate of drug-likeness (QED) is 0.723. The van der Waals surface area contributed by atoms with Gasteiger partial charge in [-0.1, -0.05) is 25.1 Å². The Hall–Kier alpha value is -2.60. The summed E-state index contributed by atoms with van der Waals surface area (Å²) in [5.41, 5.74) is 7.58. The van der Waals surface area contributed by atoms with E-state index in [2.05, 4.69) is 17.8 Å². The first kappa shape index (κ1) is 15.3. The molecule has 3 aromatic rings. The largest absolute Gasteiger partial charge is 0.464 e. The molecule has 0 aliphatic rings. The van der Waals surface area contributed by atoms with Gasteiger partial charge in [-0.3, -0.25) is 20.4 Å². The monoisotopic (exact) mass is 328 g/mol. The number of hydrogen-bond donors (Lipinski definition) is 2. The number of benzene rings is 1. The lowest BCUT2D eigenvalue weighted by atomic mass is 10.1. The second-order valence-electron chi connectivity index (χ2n) is 5.10.